The van der Waals surface area contributed by atoms with E-state index in [0.29, 0.717) is 19.7 Å². The Bertz CT molecular complexity index is 244. The number of ether oxygens (including phenoxy) is 1. The maximum absolute atomic E-state index is 11.7. The fourth-order valence-corrected chi connectivity index (χ4v) is 1.17. The van der Waals surface area contributed by atoms with Crippen molar-refractivity contribution in [2.24, 2.45) is 0 Å². The van der Waals surface area contributed by atoms with Crippen molar-refractivity contribution in [1.29, 1.82) is 0 Å². The minimum atomic E-state index is -1.01. The number of likely N-dealkylation sites (N-methyl/N-ethyl adjacent to an activating group) is 1. The third-order valence-electron chi connectivity index (χ3n) is 2.07. The third-order valence-corrected chi connectivity index (χ3v) is 2.07. The number of rotatable bonds is 9. The molecule has 0 fully saturated rings. The molecule has 0 rings (SSSR count). The van der Waals surface area contributed by atoms with Gasteiger partial charge < -0.3 is 19.6 Å². The first-order valence-electron chi connectivity index (χ1n) is 5.69. The van der Waals surface area contributed by atoms with Gasteiger partial charge in [-0.3, -0.25) is 9.59 Å². The van der Waals surface area contributed by atoms with E-state index in [1.807, 2.05) is 25.9 Å². The summed E-state index contributed by atoms with van der Waals surface area (Å²) in [4.78, 5) is 25.5. The summed E-state index contributed by atoms with van der Waals surface area (Å²) >= 11 is 0. The zero-order valence-corrected chi connectivity index (χ0v) is 10.8. The second-order valence-corrected chi connectivity index (χ2v) is 4.06. The Morgan fingerprint density at radius 2 is 1.88 bits per heavy atom. The zero-order chi connectivity index (χ0) is 13.3. The second-order valence-electron chi connectivity index (χ2n) is 4.06. The SMILES string of the molecule is CCCOCC(=O)N(CCN(C)C)CC(=O)O. The number of nitrogens with zero attached hydrogens (tertiary/aromatic N) is 2. The fraction of sp³-hybridized carbons (Fsp3) is 0.818. The maximum Gasteiger partial charge on any atom is 0.323 e. The predicted octanol–water partition coefficient (Wildman–Crippen LogP) is -0.112. The highest BCUT2D eigenvalue weighted by Gasteiger charge is 2.16. The molecule has 0 aliphatic heterocycles. The van der Waals surface area contributed by atoms with Gasteiger partial charge in [0, 0.05) is 19.7 Å². The van der Waals surface area contributed by atoms with Crippen molar-refractivity contribution in [3.05, 3.63) is 0 Å². The van der Waals surface area contributed by atoms with Crippen LogP contribution in [0.5, 0.6) is 0 Å². The van der Waals surface area contributed by atoms with E-state index in [4.69, 9.17) is 9.84 Å². The predicted molar refractivity (Wildman–Crippen MR) is 63.9 cm³/mol. The van der Waals surface area contributed by atoms with E-state index < -0.39 is 5.97 Å². The van der Waals surface area contributed by atoms with Gasteiger partial charge in [0.2, 0.25) is 5.91 Å². The molecule has 0 atom stereocenters. The Morgan fingerprint density at radius 3 is 2.35 bits per heavy atom. The van der Waals surface area contributed by atoms with Crippen LogP contribution >= 0.6 is 0 Å². The molecule has 17 heavy (non-hydrogen) atoms. The van der Waals surface area contributed by atoms with Gasteiger partial charge in [0.25, 0.3) is 0 Å². The van der Waals surface area contributed by atoms with Crippen molar-refractivity contribution in [2.75, 3.05) is 46.9 Å². The number of carbonyl (C=O) groups is 2. The lowest BCUT2D eigenvalue weighted by Crippen LogP contribution is -2.41. The first-order chi connectivity index (χ1) is 7.97. The second kappa shape index (κ2) is 8.95. The zero-order valence-electron chi connectivity index (χ0n) is 10.8. The van der Waals surface area contributed by atoms with Crippen molar-refractivity contribution in [2.45, 2.75) is 13.3 Å². The first kappa shape index (κ1) is 15.9. The molecule has 0 aromatic heterocycles. The van der Waals surface area contributed by atoms with Crippen LogP contribution in [0.1, 0.15) is 13.3 Å². The molecular formula is C11H22N2O4. The molecule has 0 saturated heterocycles. The lowest BCUT2D eigenvalue weighted by atomic mass is 10.4. The van der Waals surface area contributed by atoms with Crippen molar-refractivity contribution in [1.82, 2.24) is 9.80 Å². The molecule has 6 heteroatoms. The number of carboxylic acids is 1. The quantitative estimate of drug-likeness (QED) is 0.575. The van der Waals surface area contributed by atoms with Gasteiger partial charge in [0.1, 0.15) is 13.2 Å². The monoisotopic (exact) mass is 246 g/mol. The fourth-order valence-electron chi connectivity index (χ4n) is 1.17. The van der Waals surface area contributed by atoms with Crippen LogP contribution in [0.25, 0.3) is 0 Å². The molecule has 0 saturated carbocycles. The van der Waals surface area contributed by atoms with E-state index in [9.17, 15) is 9.59 Å². The minimum Gasteiger partial charge on any atom is -0.480 e. The van der Waals surface area contributed by atoms with Crippen LogP contribution in [-0.2, 0) is 14.3 Å². The number of aliphatic carboxylic acids is 1. The molecule has 0 unspecified atom stereocenters. The number of carboxylic acid groups (broad SMARTS) is 1. The van der Waals surface area contributed by atoms with E-state index in [1.165, 1.54) is 4.90 Å². The molecule has 0 aliphatic rings. The molecule has 0 heterocycles. The summed E-state index contributed by atoms with van der Waals surface area (Å²) in [5.74, 6) is -1.28. The smallest absolute Gasteiger partial charge is 0.323 e. The van der Waals surface area contributed by atoms with Gasteiger partial charge in [0.05, 0.1) is 0 Å². The number of amides is 1. The van der Waals surface area contributed by atoms with Gasteiger partial charge >= 0.3 is 5.97 Å². The summed E-state index contributed by atoms with van der Waals surface area (Å²) in [6.45, 7) is 3.17. The molecule has 0 bridgehead atoms. The van der Waals surface area contributed by atoms with Crippen LogP contribution in [0.4, 0.5) is 0 Å². The standard InChI is InChI=1S/C11H22N2O4/c1-4-7-17-9-10(14)13(8-11(15)16)6-5-12(2)3/h4-9H2,1-3H3,(H,15,16). The Labute approximate surface area is 102 Å². The first-order valence-corrected chi connectivity index (χ1v) is 5.69. The molecule has 0 aromatic rings. The van der Waals surface area contributed by atoms with E-state index in [-0.39, 0.29) is 19.1 Å². The molecule has 1 N–H and O–H groups in total. The summed E-state index contributed by atoms with van der Waals surface area (Å²) < 4.78 is 5.12. The van der Waals surface area contributed by atoms with Crippen molar-refractivity contribution >= 4 is 11.9 Å². The van der Waals surface area contributed by atoms with Crippen LogP contribution in [0.15, 0.2) is 0 Å². The van der Waals surface area contributed by atoms with Gasteiger partial charge in [-0.05, 0) is 20.5 Å². The molecule has 0 spiro atoms. The van der Waals surface area contributed by atoms with E-state index in [2.05, 4.69) is 0 Å². The Morgan fingerprint density at radius 1 is 1.24 bits per heavy atom. The third kappa shape index (κ3) is 8.65. The summed E-state index contributed by atoms with van der Waals surface area (Å²) in [6.07, 6.45) is 0.837. The molecular weight excluding hydrogens is 224 g/mol. The largest absolute Gasteiger partial charge is 0.480 e. The normalized spacial score (nSPS) is 10.6. The Kier molecular flexibility index (Phi) is 8.35. The molecule has 0 radical (unpaired) electrons. The van der Waals surface area contributed by atoms with E-state index in [0.717, 1.165) is 6.42 Å². The van der Waals surface area contributed by atoms with Gasteiger partial charge in [-0.1, -0.05) is 6.92 Å². The average molecular weight is 246 g/mol. The highest BCUT2D eigenvalue weighted by molar-refractivity contribution is 5.82. The Balaban J connectivity index is 4.14. The van der Waals surface area contributed by atoms with Crippen LogP contribution in [-0.4, -0.2) is 73.7 Å². The van der Waals surface area contributed by atoms with Crippen LogP contribution in [0.3, 0.4) is 0 Å². The summed E-state index contributed by atoms with van der Waals surface area (Å²) in [7, 11) is 3.74. The topological polar surface area (TPSA) is 70.1 Å². The molecule has 0 aromatic carbocycles. The van der Waals surface area contributed by atoms with Gasteiger partial charge in [-0.2, -0.15) is 0 Å². The minimum absolute atomic E-state index is 0.0471. The molecule has 0 aliphatic carbocycles. The van der Waals surface area contributed by atoms with Gasteiger partial charge in [-0.25, -0.2) is 0 Å². The summed E-state index contributed by atoms with van der Waals surface area (Å²) in [6, 6.07) is 0. The lowest BCUT2D eigenvalue weighted by molar-refractivity contribution is -0.146. The highest BCUT2D eigenvalue weighted by Crippen LogP contribution is 1.93. The van der Waals surface area contributed by atoms with Crippen molar-refractivity contribution < 1.29 is 19.4 Å². The van der Waals surface area contributed by atoms with Gasteiger partial charge in [0.15, 0.2) is 0 Å². The van der Waals surface area contributed by atoms with Crippen LogP contribution < -0.4 is 0 Å². The van der Waals surface area contributed by atoms with Crippen LogP contribution in [0, 0.1) is 0 Å². The van der Waals surface area contributed by atoms with E-state index in [1.54, 1.807) is 0 Å². The Hall–Kier alpha value is -1.14. The van der Waals surface area contributed by atoms with Gasteiger partial charge in [-0.15, -0.1) is 0 Å². The highest BCUT2D eigenvalue weighted by atomic mass is 16.5. The maximum atomic E-state index is 11.7. The van der Waals surface area contributed by atoms with Crippen molar-refractivity contribution in [3.63, 3.8) is 0 Å². The molecule has 100 valence electrons. The number of carbonyl (C=O) groups excluding carboxylic acids is 1. The van der Waals surface area contributed by atoms with Crippen LogP contribution in [0.2, 0.25) is 0 Å². The summed E-state index contributed by atoms with van der Waals surface area (Å²) in [5.41, 5.74) is 0. The number of hydrogen-bond acceptors (Lipinski definition) is 4. The summed E-state index contributed by atoms with van der Waals surface area (Å²) in [5, 5.41) is 8.72. The van der Waals surface area contributed by atoms with Crippen molar-refractivity contribution in [3.8, 4) is 0 Å². The van der Waals surface area contributed by atoms with E-state index >= 15 is 0 Å². The molecule has 6 nitrogen and oxygen atoms in total. The lowest BCUT2D eigenvalue weighted by Gasteiger charge is -2.22. The molecule has 1 amide bonds. The number of hydrogen-bond donors (Lipinski definition) is 1. The average Bonchev–Trinajstić information content (AvgIpc) is 2.23.